The normalized spacial score (nSPS) is 12.2. The van der Waals surface area contributed by atoms with E-state index in [1.807, 2.05) is 4.72 Å². The Morgan fingerprint density at radius 2 is 1.52 bits per heavy atom. The van der Waals surface area contributed by atoms with E-state index >= 15 is 0 Å². The highest BCUT2D eigenvalue weighted by atomic mass is 32.2. The van der Waals surface area contributed by atoms with Crippen LogP contribution in [-0.2, 0) is 28.9 Å². The number of rotatable bonds is 11. The number of unbranched alkanes of at least 4 members (excludes halogenated alkanes) is 1. The molecule has 1 aromatic heterocycles. The number of benzene rings is 3. The number of halogens is 5. The summed E-state index contributed by atoms with van der Waals surface area (Å²) in [4.78, 5) is 27.8. The van der Waals surface area contributed by atoms with E-state index < -0.39 is 51.9 Å². The number of carbonyl (C=O) groups is 2. The molecule has 44 heavy (non-hydrogen) atoms. The molecule has 0 radical (unpaired) electrons. The highest BCUT2D eigenvalue weighted by Gasteiger charge is 2.62. The van der Waals surface area contributed by atoms with Crippen LogP contribution in [0.2, 0.25) is 0 Å². The molecule has 0 bridgehead atoms. The van der Waals surface area contributed by atoms with Gasteiger partial charge in [-0.1, -0.05) is 74.0 Å². The lowest BCUT2D eigenvalue weighted by molar-refractivity contribution is -0.291. The number of imidazole rings is 1. The summed E-state index contributed by atoms with van der Waals surface area (Å²) < 4.78 is 97.5. The van der Waals surface area contributed by atoms with Crippen LogP contribution in [0.4, 0.5) is 22.0 Å². The van der Waals surface area contributed by atoms with Crippen LogP contribution in [0.3, 0.4) is 0 Å². The molecule has 3 aromatic carbocycles. The highest BCUT2D eigenvalue weighted by molar-refractivity contribution is 7.90. The van der Waals surface area contributed by atoms with Crippen LogP contribution in [0.5, 0.6) is 0 Å². The number of sulfonamides is 1. The van der Waals surface area contributed by atoms with Crippen LogP contribution in [0.1, 0.15) is 57.7 Å². The molecule has 4 aromatic rings. The zero-order valence-electron chi connectivity index (χ0n) is 23.1. The Balaban J connectivity index is 1.69. The molecule has 0 saturated heterocycles. The maximum Gasteiger partial charge on any atom is 0.459 e. The molecular formula is C30H26F5N3O5S. The molecule has 0 fully saturated rings. The lowest BCUT2D eigenvalue weighted by Gasteiger charge is -2.18. The van der Waals surface area contributed by atoms with Gasteiger partial charge in [-0.3, -0.25) is 4.79 Å². The molecule has 0 spiro atoms. The Morgan fingerprint density at radius 3 is 2.11 bits per heavy atom. The number of carboxylic acids is 1. The first-order valence-electron chi connectivity index (χ1n) is 13.3. The minimum Gasteiger partial charge on any atom is -0.477 e. The molecule has 0 saturated carbocycles. The van der Waals surface area contributed by atoms with Crippen molar-refractivity contribution in [3.05, 3.63) is 107 Å². The van der Waals surface area contributed by atoms with Gasteiger partial charge in [0, 0.05) is 24.1 Å². The molecule has 0 unspecified atom stereocenters. The minimum atomic E-state index is -6.06. The number of carboxylic acid groups (broad SMARTS) is 1. The number of carbonyl (C=O) groups excluding carboxylic acids is 1. The maximum absolute atomic E-state index is 14.3. The molecule has 4 rings (SSSR count). The van der Waals surface area contributed by atoms with E-state index in [2.05, 4.69) is 4.98 Å². The van der Waals surface area contributed by atoms with E-state index in [1.165, 1.54) is 54.6 Å². The second-order valence-electron chi connectivity index (χ2n) is 9.79. The Morgan fingerprint density at radius 1 is 0.909 bits per heavy atom. The average Bonchev–Trinajstić information content (AvgIpc) is 3.35. The van der Waals surface area contributed by atoms with Crippen molar-refractivity contribution in [3.63, 3.8) is 0 Å². The van der Waals surface area contributed by atoms with E-state index in [9.17, 15) is 45.1 Å². The Hall–Kier alpha value is -4.59. The van der Waals surface area contributed by atoms with Gasteiger partial charge in [0.05, 0.1) is 4.90 Å². The van der Waals surface area contributed by atoms with Gasteiger partial charge in [-0.05, 0) is 35.7 Å². The molecular weight excluding hydrogens is 609 g/mol. The molecule has 1 amide bonds. The first-order valence-corrected chi connectivity index (χ1v) is 14.7. The SMILES string of the molecule is CCCCc1nc(C(F)(F)C(F)(F)F)c(C(=O)O)n1Cc1ccc(-c2ccccc2S(=O)(=O)NC(=O)c2ccccc2)cc1. The van der Waals surface area contributed by atoms with E-state index in [4.69, 9.17) is 0 Å². The summed E-state index contributed by atoms with van der Waals surface area (Å²) in [6, 6.07) is 19.5. The molecule has 1 heterocycles. The monoisotopic (exact) mass is 635 g/mol. The quantitative estimate of drug-likeness (QED) is 0.184. The zero-order valence-corrected chi connectivity index (χ0v) is 23.9. The Bertz CT molecular complexity index is 1770. The molecule has 0 aliphatic heterocycles. The maximum atomic E-state index is 14.3. The zero-order chi connectivity index (χ0) is 32.3. The van der Waals surface area contributed by atoms with Gasteiger partial charge in [0.15, 0.2) is 11.4 Å². The molecule has 232 valence electrons. The van der Waals surface area contributed by atoms with Gasteiger partial charge in [-0.15, -0.1) is 0 Å². The average molecular weight is 636 g/mol. The number of aromatic nitrogens is 2. The summed E-state index contributed by atoms with van der Waals surface area (Å²) in [6.45, 7) is 1.37. The van der Waals surface area contributed by atoms with Crippen LogP contribution in [0, 0.1) is 0 Å². The van der Waals surface area contributed by atoms with Crippen molar-refractivity contribution in [1.29, 1.82) is 0 Å². The van der Waals surface area contributed by atoms with Crippen molar-refractivity contribution in [1.82, 2.24) is 14.3 Å². The first kappa shape index (κ1) is 32.3. The second-order valence-corrected chi connectivity index (χ2v) is 11.4. The summed E-state index contributed by atoms with van der Waals surface area (Å²) in [6.07, 6.45) is -5.20. The van der Waals surface area contributed by atoms with Gasteiger partial charge >= 0.3 is 18.1 Å². The lowest BCUT2D eigenvalue weighted by atomic mass is 10.0. The highest BCUT2D eigenvalue weighted by Crippen LogP contribution is 2.45. The molecule has 8 nitrogen and oxygen atoms in total. The molecule has 14 heteroatoms. The topological polar surface area (TPSA) is 118 Å². The number of nitrogens with zero attached hydrogens (tertiary/aromatic N) is 2. The summed E-state index contributed by atoms with van der Waals surface area (Å²) in [5.41, 5.74) is -2.10. The summed E-state index contributed by atoms with van der Waals surface area (Å²) in [5, 5.41) is 9.68. The standard InChI is InChI=1S/C30H26F5N3O5S/c1-2-3-13-24-36-26(29(31,32)30(33,34)35)25(28(40)41)38(24)18-19-14-16-20(17-15-19)22-11-7-8-12-23(22)44(42,43)37-27(39)21-9-5-4-6-10-21/h4-12,14-17H,2-3,13,18H2,1H3,(H,37,39)(H,40,41). The van der Waals surface area contributed by atoms with Crippen molar-refractivity contribution < 1.29 is 45.1 Å². The van der Waals surface area contributed by atoms with Gasteiger partial charge in [0.2, 0.25) is 0 Å². The van der Waals surface area contributed by atoms with Gasteiger partial charge in [-0.2, -0.15) is 22.0 Å². The second kappa shape index (κ2) is 12.6. The predicted molar refractivity (Wildman–Crippen MR) is 150 cm³/mol. The van der Waals surface area contributed by atoms with Crippen molar-refractivity contribution in [2.75, 3.05) is 0 Å². The smallest absolute Gasteiger partial charge is 0.459 e. The third-order valence-corrected chi connectivity index (χ3v) is 8.09. The van der Waals surface area contributed by atoms with Crippen molar-refractivity contribution in [3.8, 4) is 11.1 Å². The van der Waals surface area contributed by atoms with Crippen LogP contribution < -0.4 is 4.72 Å². The summed E-state index contributed by atoms with van der Waals surface area (Å²) in [7, 11) is -4.34. The Kier molecular flexibility index (Phi) is 9.23. The number of aryl methyl sites for hydroxylation is 1. The van der Waals surface area contributed by atoms with Crippen LogP contribution >= 0.6 is 0 Å². The first-order chi connectivity index (χ1) is 20.7. The largest absolute Gasteiger partial charge is 0.477 e. The van der Waals surface area contributed by atoms with Crippen molar-refractivity contribution in [2.45, 2.75) is 49.7 Å². The minimum absolute atomic E-state index is 0.0390. The van der Waals surface area contributed by atoms with Gasteiger partial charge in [-0.25, -0.2) is 22.9 Å². The van der Waals surface area contributed by atoms with Gasteiger partial charge < -0.3 is 9.67 Å². The van der Waals surface area contributed by atoms with Gasteiger partial charge in [0.1, 0.15) is 5.82 Å². The van der Waals surface area contributed by atoms with E-state index in [0.717, 1.165) is 4.57 Å². The molecule has 0 aliphatic rings. The fourth-order valence-corrected chi connectivity index (χ4v) is 5.71. The summed E-state index contributed by atoms with van der Waals surface area (Å²) >= 11 is 0. The number of alkyl halides is 5. The molecule has 0 aliphatic carbocycles. The van der Waals surface area contributed by atoms with E-state index in [-0.39, 0.29) is 28.3 Å². The summed E-state index contributed by atoms with van der Waals surface area (Å²) in [5.74, 6) is -8.56. The van der Waals surface area contributed by atoms with Crippen LogP contribution in [-0.4, -0.2) is 41.1 Å². The number of aromatic carboxylic acids is 1. The lowest BCUT2D eigenvalue weighted by Crippen LogP contribution is -2.35. The number of amides is 1. The van der Waals surface area contributed by atoms with Crippen molar-refractivity contribution >= 4 is 21.9 Å². The molecule has 0 atom stereocenters. The third kappa shape index (κ3) is 6.64. The van der Waals surface area contributed by atoms with Crippen LogP contribution in [0.15, 0.2) is 83.8 Å². The molecule has 2 N–H and O–H groups in total. The van der Waals surface area contributed by atoms with Gasteiger partial charge in [0.25, 0.3) is 15.9 Å². The fourth-order valence-electron chi connectivity index (χ4n) is 4.50. The number of hydrogen-bond acceptors (Lipinski definition) is 5. The Labute approximate surface area is 249 Å². The predicted octanol–water partition coefficient (Wildman–Crippen LogP) is 6.41. The third-order valence-electron chi connectivity index (χ3n) is 6.70. The van der Waals surface area contributed by atoms with E-state index in [0.29, 0.717) is 24.0 Å². The number of hydrogen-bond donors (Lipinski definition) is 2. The van der Waals surface area contributed by atoms with Crippen LogP contribution in [0.25, 0.3) is 11.1 Å². The number of nitrogens with one attached hydrogen (secondary N) is 1. The van der Waals surface area contributed by atoms with E-state index in [1.54, 1.807) is 31.2 Å². The fraction of sp³-hybridized carbons (Fsp3) is 0.233. The van der Waals surface area contributed by atoms with Crippen molar-refractivity contribution in [2.24, 2.45) is 0 Å².